The number of hydrogen-bond donors (Lipinski definition) is 2. The summed E-state index contributed by atoms with van der Waals surface area (Å²) >= 11 is 0. The molecule has 3 rings (SSSR count). The molecule has 2 aliphatic carbocycles. The van der Waals surface area contributed by atoms with Crippen molar-refractivity contribution in [1.29, 1.82) is 0 Å². The van der Waals surface area contributed by atoms with Crippen molar-refractivity contribution in [2.24, 2.45) is 22.7 Å². The molecule has 3 aliphatic rings. The minimum atomic E-state index is -0.501. The molecule has 25 heavy (non-hydrogen) atoms. The molecule has 1 saturated heterocycles. The highest BCUT2D eigenvalue weighted by Crippen LogP contribution is 2.65. The van der Waals surface area contributed by atoms with Crippen LogP contribution in [0.25, 0.3) is 0 Å². The van der Waals surface area contributed by atoms with E-state index < -0.39 is 12.1 Å². The molecule has 2 bridgehead atoms. The Balaban J connectivity index is 1.60. The molecule has 4 amide bonds. The summed E-state index contributed by atoms with van der Waals surface area (Å²) in [6.07, 6.45) is 3.93. The smallest absolute Gasteiger partial charge is 0.325 e. The lowest BCUT2D eigenvalue weighted by molar-refractivity contribution is -0.133. The highest BCUT2D eigenvalue weighted by atomic mass is 16.2. The Bertz CT molecular complexity index is 601. The Morgan fingerprint density at radius 1 is 1.32 bits per heavy atom. The summed E-state index contributed by atoms with van der Waals surface area (Å²) in [5.74, 6) is 0.422. The van der Waals surface area contributed by atoms with Crippen LogP contribution in [0.4, 0.5) is 4.79 Å². The van der Waals surface area contributed by atoms with Crippen LogP contribution in [0.15, 0.2) is 0 Å². The molecule has 0 aromatic rings. The van der Waals surface area contributed by atoms with E-state index in [2.05, 4.69) is 31.4 Å². The van der Waals surface area contributed by atoms with Gasteiger partial charge in [0.15, 0.2) is 0 Å². The quantitative estimate of drug-likeness (QED) is 0.748. The van der Waals surface area contributed by atoms with Gasteiger partial charge in [0.25, 0.3) is 5.91 Å². The van der Waals surface area contributed by atoms with Gasteiger partial charge >= 0.3 is 6.03 Å². The SMILES string of the molecule is CC(C)C[C@@H]1NC(=O)N(CC(=O)N[C@@H]2C[C@H]3CC[C@@]2(C)C3(C)C)C1=O. The van der Waals surface area contributed by atoms with Gasteiger partial charge in [-0.3, -0.25) is 14.5 Å². The van der Waals surface area contributed by atoms with E-state index in [4.69, 9.17) is 0 Å². The number of fused-ring (bicyclic) bond motifs is 2. The lowest BCUT2D eigenvalue weighted by atomic mass is 9.69. The Labute approximate surface area is 150 Å². The zero-order chi connectivity index (χ0) is 18.6. The summed E-state index contributed by atoms with van der Waals surface area (Å²) in [5, 5.41) is 5.81. The van der Waals surface area contributed by atoms with Gasteiger partial charge in [-0.25, -0.2) is 4.79 Å². The molecule has 0 radical (unpaired) electrons. The van der Waals surface area contributed by atoms with Crippen molar-refractivity contribution in [2.45, 2.75) is 72.4 Å². The highest BCUT2D eigenvalue weighted by Gasteiger charge is 2.61. The van der Waals surface area contributed by atoms with Crippen LogP contribution in [-0.4, -0.2) is 41.4 Å². The minimum absolute atomic E-state index is 0.0881. The normalized spacial score (nSPS) is 36.2. The molecule has 1 aliphatic heterocycles. The van der Waals surface area contributed by atoms with Crippen LogP contribution in [0.2, 0.25) is 0 Å². The van der Waals surface area contributed by atoms with Crippen LogP contribution >= 0.6 is 0 Å². The number of hydrogen-bond acceptors (Lipinski definition) is 3. The third-order valence-corrected chi connectivity index (χ3v) is 7.25. The zero-order valence-corrected chi connectivity index (χ0v) is 16.0. The van der Waals surface area contributed by atoms with Crippen LogP contribution in [0.1, 0.15) is 60.3 Å². The molecule has 140 valence electrons. The van der Waals surface area contributed by atoms with Gasteiger partial charge < -0.3 is 10.6 Å². The summed E-state index contributed by atoms with van der Waals surface area (Å²) in [6, 6.07) is -0.828. The average molecular weight is 349 g/mol. The van der Waals surface area contributed by atoms with E-state index in [9.17, 15) is 14.4 Å². The second-order valence-electron chi connectivity index (χ2n) is 9.29. The van der Waals surface area contributed by atoms with Gasteiger partial charge in [0.05, 0.1) is 0 Å². The molecule has 0 spiro atoms. The van der Waals surface area contributed by atoms with Crippen molar-refractivity contribution in [2.75, 3.05) is 6.54 Å². The molecule has 0 unspecified atom stereocenters. The van der Waals surface area contributed by atoms with Crippen molar-refractivity contribution in [1.82, 2.24) is 15.5 Å². The number of urea groups is 1. The molecular formula is C19H31N3O3. The van der Waals surface area contributed by atoms with E-state index in [1.807, 2.05) is 13.8 Å². The number of carbonyl (C=O) groups excluding carboxylic acids is 3. The van der Waals surface area contributed by atoms with Gasteiger partial charge in [0.2, 0.25) is 5.91 Å². The molecule has 2 N–H and O–H groups in total. The van der Waals surface area contributed by atoms with Gasteiger partial charge in [-0.2, -0.15) is 0 Å². The highest BCUT2D eigenvalue weighted by molar-refractivity contribution is 6.06. The predicted octanol–water partition coefficient (Wildman–Crippen LogP) is 2.28. The van der Waals surface area contributed by atoms with Gasteiger partial charge in [-0.05, 0) is 48.3 Å². The summed E-state index contributed by atoms with van der Waals surface area (Å²) in [4.78, 5) is 38.0. The lowest BCUT2D eigenvalue weighted by Gasteiger charge is -2.39. The van der Waals surface area contributed by atoms with E-state index in [1.165, 1.54) is 6.42 Å². The van der Waals surface area contributed by atoms with Crippen LogP contribution in [-0.2, 0) is 9.59 Å². The lowest BCUT2D eigenvalue weighted by Crippen LogP contribution is -2.50. The number of carbonyl (C=O) groups is 3. The standard InChI is InChI=1S/C19H31N3O3/c1-11(2)8-13-16(24)22(17(25)20-13)10-15(23)21-14-9-12-6-7-19(14,5)18(12,3)4/h11-14H,6-10H2,1-5H3,(H,20,25)(H,21,23)/t12-,13+,14-,19-/m1/s1. The number of amides is 4. The fourth-order valence-electron chi connectivity index (χ4n) is 5.16. The van der Waals surface area contributed by atoms with Crippen LogP contribution < -0.4 is 10.6 Å². The zero-order valence-electron chi connectivity index (χ0n) is 16.0. The second-order valence-corrected chi connectivity index (χ2v) is 9.29. The number of imide groups is 1. The number of nitrogens with one attached hydrogen (secondary N) is 2. The summed E-state index contributed by atoms with van der Waals surface area (Å²) in [6.45, 7) is 10.7. The van der Waals surface area contributed by atoms with E-state index in [0.29, 0.717) is 18.3 Å². The number of rotatable bonds is 5. The molecule has 2 saturated carbocycles. The van der Waals surface area contributed by atoms with Crippen molar-refractivity contribution >= 4 is 17.8 Å². The first kappa shape index (κ1) is 18.2. The molecule has 3 fully saturated rings. The largest absolute Gasteiger partial charge is 0.351 e. The minimum Gasteiger partial charge on any atom is -0.351 e. The molecule has 4 atom stereocenters. The molecule has 1 heterocycles. The summed E-state index contributed by atoms with van der Waals surface area (Å²) in [7, 11) is 0. The van der Waals surface area contributed by atoms with Gasteiger partial charge in [0.1, 0.15) is 12.6 Å². The Morgan fingerprint density at radius 2 is 2.00 bits per heavy atom. The maximum absolute atomic E-state index is 12.5. The first-order valence-corrected chi connectivity index (χ1v) is 9.47. The van der Waals surface area contributed by atoms with E-state index in [0.717, 1.165) is 17.7 Å². The third kappa shape index (κ3) is 2.83. The van der Waals surface area contributed by atoms with Crippen molar-refractivity contribution in [3.63, 3.8) is 0 Å². The van der Waals surface area contributed by atoms with E-state index in [1.54, 1.807) is 0 Å². The fraction of sp³-hybridized carbons (Fsp3) is 0.842. The monoisotopic (exact) mass is 349 g/mol. The second kappa shape index (κ2) is 5.99. The van der Waals surface area contributed by atoms with Crippen molar-refractivity contribution in [3.05, 3.63) is 0 Å². The maximum Gasteiger partial charge on any atom is 0.325 e. The van der Waals surface area contributed by atoms with Crippen molar-refractivity contribution in [3.8, 4) is 0 Å². The molecule has 6 heteroatoms. The van der Waals surface area contributed by atoms with Gasteiger partial charge in [0, 0.05) is 6.04 Å². The van der Waals surface area contributed by atoms with Gasteiger partial charge in [-0.1, -0.05) is 34.6 Å². The number of nitrogens with zero attached hydrogens (tertiary/aromatic N) is 1. The molecule has 0 aromatic heterocycles. The Kier molecular flexibility index (Phi) is 4.36. The average Bonchev–Trinajstić information content (AvgIpc) is 2.95. The van der Waals surface area contributed by atoms with E-state index >= 15 is 0 Å². The summed E-state index contributed by atoms with van der Waals surface area (Å²) < 4.78 is 0. The Hall–Kier alpha value is -1.59. The molecule has 6 nitrogen and oxygen atoms in total. The fourth-order valence-corrected chi connectivity index (χ4v) is 5.16. The Morgan fingerprint density at radius 3 is 2.52 bits per heavy atom. The maximum atomic E-state index is 12.5. The van der Waals surface area contributed by atoms with E-state index in [-0.39, 0.29) is 35.2 Å². The van der Waals surface area contributed by atoms with Crippen LogP contribution in [0, 0.1) is 22.7 Å². The van der Waals surface area contributed by atoms with Crippen molar-refractivity contribution < 1.29 is 14.4 Å². The van der Waals surface area contributed by atoms with Gasteiger partial charge in [-0.15, -0.1) is 0 Å². The van der Waals surface area contributed by atoms with Crippen LogP contribution in [0.5, 0.6) is 0 Å². The predicted molar refractivity (Wildman–Crippen MR) is 94.6 cm³/mol. The molecular weight excluding hydrogens is 318 g/mol. The first-order valence-electron chi connectivity index (χ1n) is 9.47. The summed E-state index contributed by atoms with van der Waals surface area (Å²) in [5.41, 5.74) is 0.304. The molecule has 0 aromatic carbocycles. The third-order valence-electron chi connectivity index (χ3n) is 7.25. The first-order chi connectivity index (χ1) is 11.6. The van der Waals surface area contributed by atoms with Crippen LogP contribution in [0.3, 0.4) is 0 Å². The topological polar surface area (TPSA) is 78.5 Å².